The maximum atomic E-state index is 12.3. The highest BCUT2D eigenvalue weighted by molar-refractivity contribution is 7.19. The zero-order valence-electron chi connectivity index (χ0n) is 12.6. The van der Waals surface area contributed by atoms with Gasteiger partial charge in [0, 0.05) is 30.1 Å². The molecule has 1 N–H and O–H groups in total. The molecule has 7 heteroatoms. The van der Waals surface area contributed by atoms with Gasteiger partial charge < -0.3 is 10.2 Å². The van der Waals surface area contributed by atoms with Crippen LogP contribution in [0.3, 0.4) is 0 Å². The van der Waals surface area contributed by atoms with Crippen molar-refractivity contribution < 1.29 is 9.59 Å². The fourth-order valence-electron chi connectivity index (χ4n) is 2.71. The number of carbonyl (C=O) groups is 2. The summed E-state index contributed by atoms with van der Waals surface area (Å²) in [5, 5.41) is 2.79. The number of thiophene rings is 1. The van der Waals surface area contributed by atoms with Crippen LogP contribution in [0.5, 0.6) is 0 Å². The van der Waals surface area contributed by atoms with Crippen LogP contribution < -0.4 is 5.32 Å². The molecule has 3 rings (SSSR count). The SMILES string of the molecule is CC(=O)N1CCC[C@H]1C(=O)Nc1ccc(-c2ccc(Cl)s2)cn1. The van der Waals surface area contributed by atoms with Crippen molar-refractivity contribution in [1.82, 2.24) is 9.88 Å². The van der Waals surface area contributed by atoms with Crippen LogP contribution in [0.2, 0.25) is 4.34 Å². The molecule has 0 radical (unpaired) electrons. The molecular formula is C16H16ClN3O2S. The molecule has 1 aliphatic heterocycles. The first-order valence-corrected chi connectivity index (χ1v) is 8.54. The Balaban J connectivity index is 1.68. The quantitative estimate of drug-likeness (QED) is 0.923. The lowest BCUT2D eigenvalue weighted by Crippen LogP contribution is -2.42. The molecule has 23 heavy (non-hydrogen) atoms. The van der Waals surface area contributed by atoms with E-state index in [9.17, 15) is 9.59 Å². The molecule has 0 bridgehead atoms. The highest BCUT2D eigenvalue weighted by atomic mass is 35.5. The Labute approximate surface area is 143 Å². The summed E-state index contributed by atoms with van der Waals surface area (Å²) in [5.41, 5.74) is 0.950. The first-order valence-electron chi connectivity index (χ1n) is 7.34. The first-order chi connectivity index (χ1) is 11.0. The summed E-state index contributed by atoms with van der Waals surface area (Å²) in [4.78, 5) is 30.8. The molecule has 5 nitrogen and oxygen atoms in total. The highest BCUT2D eigenvalue weighted by Gasteiger charge is 2.32. The van der Waals surface area contributed by atoms with Crippen LogP contribution in [0, 0.1) is 0 Å². The van der Waals surface area contributed by atoms with Crippen molar-refractivity contribution in [3.63, 3.8) is 0 Å². The summed E-state index contributed by atoms with van der Waals surface area (Å²) >= 11 is 7.41. The fourth-order valence-corrected chi connectivity index (χ4v) is 3.74. The third-order valence-corrected chi connectivity index (χ3v) is 5.11. The van der Waals surface area contributed by atoms with Crippen LogP contribution in [0.4, 0.5) is 5.82 Å². The van der Waals surface area contributed by atoms with Crippen molar-refractivity contribution >= 4 is 40.6 Å². The van der Waals surface area contributed by atoms with E-state index in [1.165, 1.54) is 18.3 Å². The molecule has 0 aliphatic carbocycles. The van der Waals surface area contributed by atoms with Gasteiger partial charge in [0.25, 0.3) is 0 Å². The highest BCUT2D eigenvalue weighted by Crippen LogP contribution is 2.30. The third kappa shape index (κ3) is 3.54. The summed E-state index contributed by atoms with van der Waals surface area (Å²) in [7, 11) is 0. The Bertz CT molecular complexity index is 729. The second-order valence-corrected chi connectivity index (χ2v) is 7.11. The van der Waals surface area contributed by atoms with E-state index in [1.807, 2.05) is 18.2 Å². The number of nitrogens with one attached hydrogen (secondary N) is 1. The number of aromatic nitrogens is 1. The van der Waals surface area contributed by atoms with Gasteiger partial charge in [0.1, 0.15) is 11.9 Å². The van der Waals surface area contributed by atoms with Crippen LogP contribution >= 0.6 is 22.9 Å². The molecule has 2 aromatic rings. The van der Waals surface area contributed by atoms with E-state index >= 15 is 0 Å². The number of carbonyl (C=O) groups excluding carboxylic acids is 2. The number of pyridine rings is 1. The van der Waals surface area contributed by atoms with Gasteiger partial charge in [0.05, 0.1) is 4.34 Å². The Kier molecular flexibility index (Phi) is 4.63. The second-order valence-electron chi connectivity index (χ2n) is 5.40. The molecule has 120 valence electrons. The molecule has 1 saturated heterocycles. The lowest BCUT2D eigenvalue weighted by Gasteiger charge is -2.22. The van der Waals surface area contributed by atoms with Gasteiger partial charge in [-0.05, 0) is 37.1 Å². The predicted octanol–water partition coefficient (Wildman–Crippen LogP) is 3.41. The summed E-state index contributed by atoms with van der Waals surface area (Å²) in [6, 6.07) is 7.03. The molecule has 1 fully saturated rings. The minimum Gasteiger partial charge on any atom is -0.331 e. The fraction of sp³-hybridized carbons (Fsp3) is 0.312. The van der Waals surface area contributed by atoms with Crippen molar-refractivity contribution in [2.75, 3.05) is 11.9 Å². The topological polar surface area (TPSA) is 62.3 Å². The van der Waals surface area contributed by atoms with Crippen LogP contribution in [-0.2, 0) is 9.59 Å². The molecule has 0 aromatic carbocycles. The maximum absolute atomic E-state index is 12.3. The van der Waals surface area contributed by atoms with Gasteiger partial charge >= 0.3 is 0 Å². The van der Waals surface area contributed by atoms with Crippen LogP contribution in [0.25, 0.3) is 10.4 Å². The van der Waals surface area contributed by atoms with Gasteiger partial charge in [0.15, 0.2) is 0 Å². The van der Waals surface area contributed by atoms with E-state index in [-0.39, 0.29) is 11.8 Å². The monoisotopic (exact) mass is 349 g/mol. The van der Waals surface area contributed by atoms with Crippen LogP contribution in [0.15, 0.2) is 30.5 Å². The summed E-state index contributed by atoms with van der Waals surface area (Å²) in [6.45, 7) is 2.13. The predicted molar refractivity (Wildman–Crippen MR) is 91.6 cm³/mol. The Morgan fingerprint density at radius 1 is 1.35 bits per heavy atom. The second kappa shape index (κ2) is 6.68. The molecule has 3 heterocycles. The lowest BCUT2D eigenvalue weighted by atomic mass is 10.2. The van der Waals surface area contributed by atoms with Crippen molar-refractivity contribution in [3.05, 3.63) is 34.8 Å². The summed E-state index contributed by atoms with van der Waals surface area (Å²) < 4.78 is 0.725. The van der Waals surface area contributed by atoms with Crippen LogP contribution in [-0.4, -0.2) is 34.3 Å². The van der Waals surface area contributed by atoms with E-state index in [0.717, 1.165) is 21.2 Å². The largest absolute Gasteiger partial charge is 0.331 e. The summed E-state index contributed by atoms with van der Waals surface area (Å²) in [6.07, 6.45) is 3.25. The molecule has 0 spiro atoms. The minimum absolute atomic E-state index is 0.0690. The number of amides is 2. The number of hydrogen-bond donors (Lipinski definition) is 1. The third-order valence-electron chi connectivity index (χ3n) is 3.83. The Hall–Kier alpha value is -1.92. The van der Waals surface area contributed by atoms with E-state index in [0.29, 0.717) is 18.8 Å². The van der Waals surface area contributed by atoms with Gasteiger partial charge in [-0.2, -0.15) is 0 Å². The molecule has 1 atom stereocenters. The molecule has 1 aliphatic rings. The van der Waals surface area contributed by atoms with Crippen molar-refractivity contribution in [2.45, 2.75) is 25.8 Å². The van der Waals surface area contributed by atoms with Crippen LogP contribution in [0.1, 0.15) is 19.8 Å². The minimum atomic E-state index is -0.398. The molecule has 0 unspecified atom stereocenters. The van der Waals surface area contributed by atoms with E-state index < -0.39 is 6.04 Å². The molecule has 2 amide bonds. The number of anilines is 1. The number of rotatable bonds is 3. The Morgan fingerprint density at radius 2 is 2.17 bits per heavy atom. The summed E-state index contributed by atoms with van der Waals surface area (Å²) in [5.74, 6) is 0.231. The van der Waals surface area contributed by atoms with E-state index in [1.54, 1.807) is 17.2 Å². The van der Waals surface area contributed by atoms with Gasteiger partial charge in [-0.15, -0.1) is 11.3 Å². The van der Waals surface area contributed by atoms with Gasteiger partial charge in [-0.1, -0.05) is 11.6 Å². The van der Waals surface area contributed by atoms with Gasteiger partial charge in [-0.3, -0.25) is 9.59 Å². The molecule has 2 aromatic heterocycles. The first kappa shape index (κ1) is 16.0. The van der Waals surface area contributed by atoms with Gasteiger partial charge in [0.2, 0.25) is 11.8 Å². The zero-order valence-corrected chi connectivity index (χ0v) is 14.2. The van der Waals surface area contributed by atoms with E-state index in [2.05, 4.69) is 10.3 Å². The lowest BCUT2D eigenvalue weighted by molar-refractivity contribution is -0.134. The number of hydrogen-bond acceptors (Lipinski definition) is 4. The van der Waals surface area contributed by atoms with Gasteiger partial charge in [-0.25, -0.2) is 4.98 Å². The van der Waals surface area contributed by atoms with Crippen molar-refractivity contribution in [3.8, 4) is 10.4 Å². The molecular weight excluding hydrogens is 334 g/mol. The standard InChI is InChI=1S/C16H16ClN3O2S/c1-10(21)20-8-2-3-12(20)16(22)19-15-7-4-11(9-18-15)13-5-6-14(17)23-13/h4-7,9,12H,2-3,8H2,1H3,(H,18,19,22)/t12-/m0/s1. The molecule has 0 saturated carbocycles. The average molecular weight is 350 g/mol. The normalized spacial score (nSPS) is 17.3. The maximum Gasteiger partial charge on any atom is 0.248 e. The number of likely N-dealkylation sites (tertiary alicyclic amines) is 1. The van der Waals surface area contributed by atoms with Crippen molar-refractivity contribution in [1.29, 1.82) is 0 Å². The smallest absolute Gasteiger partial charge is 0.248 e. The number of halogens is 1. The Morgan fingerprint density at radius 3 is 2.78 bits per heavy atom. The van der Waals surface area contributed by atoms with E-state index in [4.69, 9.17) is 11.6 Å². The average Bonchev–Trinajstić information content (AvgIpc) is 3.16. The number of nitrogens with zero attached hydrogens (tertiary/aromatic N) is 2. The van der Waals surface area contributed by atoms with Crippen molar-refractivity contribution in [2.24, 2.45) is 0 Å². The zero-order chi connectivity index (χ0) is 16.4.